The number of likely N-dealkylation sites (N-methyl/N-ethyl adjacent to an activating group) is 1. The van der Waals surface area contributed by atoms with Gasteiger partial charge in [-0.3, -0.25) is 4.79 Å². The molecule has 1 aromatic heterocycles. The van der Waals surface area contributed by atoms with Crippen LogP contribution in [0.25, 0.3) is 17.4 Å². The van der Waals surface area contributed by atoms with Gasteiger partial charge in [-0.1, -0.05) is 30.1 Å². The van der Waals surface area contributed by atoms with E-state index in [4.69, 9.17) is 32.4 Å². The van der Waals surface area contributed by atoms with Gasteiger partial charge >= 0.3 is 5.97 Å². The van der Waals surface area contributed by atoms with Crippen molar-refractivity contribution in [1.29, 1.82) is 0 Å². The van der Waals surface area contributed by atoms with Crippen molar-refractivity contribution in [3.05, 3.63) is 76.0 Å². The van der Waals surface area contributed by atoms with Gasteiger partial charge in [0.1, 0.15) is 11.5 Å². The second kappa shape index (κ2) is 11.6. The molecule has 1 saturated heterocycles. The summed E-state index contributed by atoms with van der Waals surface area (Å²) in [7, 11) is 1.33. The summed E-state index contributed by atoms with van der Waals surface area (Å²) in [4.78, 5) is 29.5. The number of furan rings is 1. The molecule has 1 amide bonds. The molecule has 1 aliphatic rings. The first-order valence-corrected chi connectivity index (χ1v) is 12.4. The van der Waals surface area contributed by atoms with Crippen molar-refractivity contribution < 1.29 is 18.7 Å². The highest BCUT2D eigenvalue weighted by atomic mass is 35.5. The molecule has 1 aliphatic heterocycles. The number of benzene rings is 2. The minimum Gasteiger partial charge on any atom is -0.465 e. The average Bonchev–Trinajstić information content (AvgIpc) is 3.36. The molecule has 0 spiro atoms. The van der Waals surface area contributed by atoms with Crippen LogP contribution in [0.1, 0.15) is 23.0 Å². The van der Waals surface area contributed by atoms with Crippen molar-refractivity contribution in [2.24, 2.45) is 0 Å². The molecule has 2 aromatic carbocycles. The van der Waals surface area contributed by atoms with E-state index in [9.17, 15) is 9.59 Å². The molecule has 0 saturated carbocycles. The quantitative estimate of drug-likeness (QED) is 0.307. The summed E-state index contributed by atoms with van der Waals surface area (Å²) >= 11 is 12.2. The molecule has 0 bridgehead atoms. The highest BCUT2D eigenvalue weighted by molar-refractivity contribution is 6.35. The molecule has 0 atom stereocenters. The second-order valence-corrected chi connectivity index (χ2v) is 9.20. The molecular weight excluding hydrogens is 501 g/mol. The number of halogens is 2. The van der Waals surface area contributed by atoms with Crippen molar-refractivity contribution in [3.8, 4) is 11.3 Å². The van der Waals surface area contributed by atoms with Crippen molar-refractivity contribution in [1.82, 2.24) is 4.90 Å². The van der Waals surface area contributed by atoms with Crippen LogP contribution in [0, 0.1) is 0 Å². The van der Waals surface area contributed by atoms with Crippen molar-refractivity contribution >= 4 is 52.5 Å². The Hall–Kier alpha value is -3.26. The maximum atomic E-state index is 12.8. The van der Waals surface area contributed by atoms with Gasteiger partial charge in [0.2, 0.25) is 5.91 Å². The molecule has 7 nitrogen and oxygen atoms in total. The number of hydrogen-bond acceptors (Lipinski definition) is 6. The number of anilines is 2. The fourth-order valence-electron chi connectivity index (χ4n) is 4.09. The van der Waals surface area contributed by atoms with Crippen LogP contribution in [0.3, 0.4) is 0 Å². The predicted octanol–water partition coefficient (Wildman–Crippen LogP) is 5.83. The Morgan fingerprint density at radius 3 is 2.42 bits per heavy atom. The summed E-state index contributed by atoms with van der Waals surface area (Å²) in [5.41, 5.74) is 2.51. The van der Waals surface area contributed by atoms with Crippen LogP contribution < -0.4 is 10.2 Å². The van der Waals surface area contributed by atoms with E-state index >= 15 is 0 Å². The summed E-state index contributed by atoms with van der Waals surface area (Å²) < 4.78 is 10.7. The van der Waals surface area contributed by atoms with Crippen LogP contribution in [-0.2, 0) is 9.53 Å². The molecule has 188 valence electrons. The van der Waals surface area contributed by atoms with Crippen LogP contribution in [0.2, 0.25) is 10.0 Å². The van der Waals surface area contributed by atoms with Crippen LogP contribution in [-0.4, -0.2) is 56.6 Å². The first kappa shape index (κ1) is 25.8. The Balaban J connectivity index is 1.51. The molecule has 36 heavy (non-hydrogen) atoms. The second-order valence-electron chi connectivity index (χ2n) is 8.33. The average molecular weight is 528 g/mol. The third-order valence-corrected chi connectivity index (χ3v) is 6.44. The van der Waals surface area contributed by atoms with Gasteiger partial charge in [0, 0.05) is 47.9 Å². The smallest absolute Gasteiger partial charge is 0.337 e. The van der Waals surface area contributed by atoms with Crippen LogP contribution in [0.4, 0.5) is 11.4 Å². The van der Waals surface area contributed by atoms with E-state index in [0.29, 0.717) is 32.8 Å². The maximum absolute atomic E-state index is 12.8. The number of methoxy groups -OCH3 is 1. The highest BCUT2D eigenvalue weighted by Gasteiger charge is 2.20. The number of piperazine rings is 1. The van der Waals surface area contributed by atoms with Crippen molar-refractivity contribution in [3.63, 3.8) is 0 Å². The Bertz CT molecular complexity index is 1260. The summed E-state index contributed by atoms with van der Waals surface area (Å²) in [6.45, 7) is 6.66. The summed E-state index contributed by atoms with van der Waals surface area (Å²) in [6, 6.07) is 13.9. The number of nitrogens with one attached hydrogen (secondary N) is 1. The Labute approximate surface area is 220 Å². The van der Waals surface area contributed by atoms with Crippen molar-refractivity contribution in [2.45, 2.75) is 6.92 Å². The fourth-order valence-corrected chi connectivity index (χ4v) is 4.61. The number of carbonyl (C=O) groups excluding carboxylic acids is 2. The van der Waals surface area contributed by atoms with Gasteiger partial charge in [-0.15, -0.1) is 0 Å². The number of amides is 1. The van der Waals surface area contributed by atoms with Gasteiger partial charge in [-0.25, -0.2) is 4.79 Å². The molecule has 2 heterocycles. The number of hydrogen-bond donors (Lipinski definition) is 1. The van der Waals surface area contributed by atoms with Gasteiger partial charge in [-0.05, 0) is 61.2 Å². The first-order chi connectivity index (χ1) is 17.4. The zero-order chi connectivity index (χ0) is 25.7. The van der Waals surface area contributed by atoms with Gasteiger partial charge in [0.05, 0.1) is 24.0 Å². The van der Waals surface area contributed by atoms with E-state index < -0.39 is 5.97 Å². The lowest BCUT2D eigenvalue weighted by atomic mass is 10.1. The minimum absolute atomic E-state index is 0.353. The molecule has 1 fully saturated rings. The molecule has 0 unspecified atom stereocenters. The van der Waals surface area contributed by atoms with Gasteiger partial charge in [-0.2, -0.15) is 0 Å². The lowest BCUT2D eigenvalue weighted by Gasteiger charge is -2.36. The van der Waals surface area contributed by atoms with Crippen molar-refractivity contribution in [2.75, 3.05) is 50.1 Å². The van der Waals surface area contributed by atoms with E-state index in [1.165, 1.54) is 13.2 Å². The molecule has 4 rings (SSSR count). The largest absolute Gasteiger partial charge is 0.465 e. The summed E-state index contributed by atoms with van der Waals surface area (Å²) in [6.07, 6.45) is 2.96. The van der Waals surface area contributed by atoms with Gasteiger partial charge in [0.15, 0.2) is 0 Å². The lowest BCUT2D eigenvalue weighted by molar-refractivity contribution is -0.111. The minimum atomic E-state index is -0.465. The highest BCUT2D eigenvalue weighted by Crippen LogP contribution is 2.30. The monoisotopic (exact) mass is 527 g/mol. The van der Waals surface area contributed by atoms with Gasteiger partial charge in [0.25, 0.3) is 0 Å². The maximum Gasteiger partial charge on any atom is 0.337 e. The molecule has 1 N–H and O–H groups in total. The molecule has 3 aromatic rings. The Morgan fingerprint density at radius 2 is 1.75 bits per heavy atom. The Kier molecular flexibility index (Phi) is 8.36. The number of carbonyl (C=O) groups is 2. The summed E-state index contributed by atoms with van der Waals surface area (Å²) in [5, 5.41) is 3.92. The topological polar surface area (TPSA) is 75.0 Å². The molecule has 0 radical (unpaired) electrons. The molecule has 9 heteroatoms. The molecule has 0 aliphatic carbocycles. The third kappa shape index (κ3) is 6.29. The number of nitrogens with zero attached hydrogens (tertiary/aromatic N) is 2. The number of esters is 1. The van der Waals surface area contributed by atoms with E-state index in [1.54, 1.807) is 48.5 Å². The third-order valence-electron chi connectivity index (χ3n) is 6.01. The predicted molar refractivity (Wildman–Crippen MR) is 144 cm³/mol. The fraction of sp³-hybridized carbons (Fsp3) is 0.259. The van der Waals surface area contributed by atoms with E-state index in [-0.39, 0.29) is 5.91 Å². The number of rotatable bonds is 7. The number of ether oxygens (including phenoxy) is 1. The van der Waals surface area contributed by atoms with Crippen LogP contribution >= 0.6 is 23.2 Å². The zero-order valence-electron chi connectivity index (χ0n) is 20.1. The SMILES string of the molecule is CCN1CCN(c2ccc(C(=O)OC)cc2NC(=O)C=Cc2ccc(-c3cc(Cl)cc(Cl)c3)o2)CC1. The first-order valence-electron chi connectivity index (χ1n) is 11.6. The van der Waals surface area contributed by atoms with Gasteiger partial charge < -0.3 is 24.3 Å². The molecular formula is C27H27Cl2N3O4. The Morgan fingerprint density at radius 1 is 1.03 bits per heavy atom. The standard InChI is InChI=1S/C27H27Cl2N3O4/c1-3-31-10-12-32(13-11-31)24-7-4-18(27(34)35-2)16-23(24)30-26(33)9-6-22-5-8-25(36-22)19-14-20(28)17-21(29)15-19/h4-9,14-17H,3,10-13H2,1-2H3,(H,30,33). The van der Waals surface area contributed by atoms with E-state index in [1.807, 2.05) is 6.07 Å². The normalized spacial score (nSPS) is 14.3. The van der Waals surface area contributed by atoms with E-state index in [0.717, 1.165) is 44.0 Å². The van der Waals surface area contributed by atoms with Crippen LogP contribution in [0.5, 0.6) is 0 Å². The summed E-state index contributed by atoms with van der Waals surface area (Å²) in [5.74, 6) is 0.260. The lowest BCUT2D eigenvalue weighted by Crippen LogP contribution is -2.46. The van der Waals surface area contributed by atoms with Crippen LogP contribution in [0.15, 0.2) is 59.0 Å². The van der Waals surface area contributed by atoms with E-state index in [2.05, 4.69) is 22.0 Å². The zero-order valence-corrected chi connectivity index (χ0v) is 21.6.